The molecule has 2 nitrogen and oxygen atoms in total. The SMILES string of the molecule is CCCC(CCC)C(Cc1cc(Br)ccc1OC)NC. The molecule has 0 amide bonds. The molecule has 0 radical (unpaired) electrons. The summed E-state index contributed by atoms with van der Waals surface area (Å²) in [5, 5.41) is 3.52. The highest BCUT2D eigenvalue weighted by molar-refractivity contribution is 9.10. The second-order valence-corrected chi connectivity index (χ2v) is 6.31. The minimum atomic E-state index is 0.512. The number of nitrogens with one attached hydrogen (secondary N) is 1. The molecule has 3 heteroatoms. The minimum Gasteiger partial charge on any atom is -0.496 e. The lowest BCUT2D eigenvalue weighted by molar-refractivity contribution is 0.318. The van der Waals surface area contributed by atoms with Gasteiger partial charge in [-0.25, -0.2) is 0 Å². The number of ether oxygens (including phenoxy) is 1. The van der Waals surface area contributed by atoms with Gasteiger partial charge in [0.15, 0.2) is 0 Å². The molecule has 0 heterocycles. The Bertz CT molecular complexity index is 389. The smallest absolute Gasteiger partial charge is 0.122 e. The van der Waals surface area contributed by atoms with Crippen molar-refractivity contribution in [1.82, 2.24) is 5.32 Å². The van der Waals surface area contributed by atoms with E-state index in [0.29, 0.717) is 6.04 Å². The Labute approximate surface area is 132 Å². The van der Waals surface area contributed by atoms with Crippen molar-refractivity contribution in [3.63, 3.8) is 0 Å². The van der Waals surface area contributed by atoms with Crippen molar-refractivity contribution in [3.8, 4) is 5.75 Å². The fourth-order valence-corrected chi connectivity index (χ4v) is 3.34. The van der Waals surface area contributed by atoms with Crippen LogP contribution in [0.5, 0.6) is 5.75 Å². The highest BCUT2D eigenvalue weighted by atomic mass is 79.9. The average Bonchev–Trinajstić information content (AvgIpc) is 2.45. The predicted octanol–water partition coefficient (Wildman–Crippen LogP) is 4.80. The zero-order chi connectivity index (χ0) is 15.0. The fraction of sp³-hybridized carbons (Fsp3) is 0.647. The molecule has 1 rings (SSSR count). The number of likely N-dealkylation sites (N-methyl/N-ethyl adjacent to an activating group) is 1. The van der Waals surface area contributed by atoms with Crippen LogP contribution >= 0.6 is 15.9 Å². The lowest BCUT2D eigenvalue weighted by atomic mass is 9.86. The number of halogens is 1. The fourth-order valence-electron chi connectivity index (χ4n) is 2.94. The van der Waals surface area contributed by atoms with E-state index in [1.807, 2.05) is 12.1 Å². The zero-order valence-corrected chi connectivity index (χ0v) is 14.8. The summed E-state index contributed by atoms with van der Waals surface area (Å²) in [6.07, 6.45) is 6.09. The summed E-state index contributed by atoms with van der Waals surface area (Å²) in [5.74, 6) is 1.72. The first-order valence-electron chi connectivity index (χ1n) is 7.65. The van der Waals surface area contributed by atoms with Gasteiger partial charge in [0.1, 0.15) is 5.75 Å². The van der Waals surface area contributed by atoms with E-state index in [4.69, 9.17) is 4.74 Å². The molecule has 114 valence electrons. The molecule has 0 bridgehead atoms. The topological polar surface area (TPSA) is 21.3 Å². The number of hydrogen-bond donors (Lipinski definition) is 1. The van der Waals surface area contributed by atoms with Crippen LogP contribution in [-0.2, 0) is 6.42 Å². The normalized spacial score (nSPS) is 12.7. The van der Waals surface area contributed by atoms with Crippen molar-refractivity contribution in [2.45, 2.75) is 52.0 Å². The minimum absolute atomic E-state index is 0.512. The van der Waals surface area contributed by atoms with Crippen molar-refractivity contribution < 1.29 is 4.74 Å². The molecule has 0 aliphatic heterocycles. The van der Waals surface area contributed by atoms with E-state index in [2.05, 4.69) is 48.2 Å². The van der Waals surface area contributed by atoms with Gasteiger partial charge < -0.3 is 10.1 Å². The van der Waals surface area contributed by atoms with E-state index < -0.39 is 0 Å². The number of benzene rings is 1. The second-order valence-electron chi connectivity index (χ2n) is 5.39. The highest BCUT2D eigenvalue weighted by Crippen LogP contribution is 2.27. The number of hydrogen-bond acceptors (Lipinski definition) is 2. The van der Waals surface area contributed by atoms with Crippen LogP contribution in [0.2, 0.25) is 0 Å². The van der Waals surface area contributed by atoms with Crippen molar-refractivity contribution in [1.29, 1.82) is 0 Å². The van der Waals surface area contributed by atoms with Crippen LogP contribution in [0.1, 0.15) is 45.1 Å². The maximum atomic E-state index is 5.50. The first kappa shape index (κ1) is 17.5. The first-order valence-corrected chi connectivity index (χ1v) is 8.45. The predicted molar refractivity (Wildman–Crippen MR) is 90.6 cm³/mol. The summed E-state index contributed by atoms with van der Waals surface area (Å²) < 4.78 is 6.61. The molecule has 0 saturated heterocycles. The lowest BCUT2D eigenvalue weighted by Gasteiger charge is -2.27. The van der Waals surface area contributed by atoms with Crippen molar-refractivity contribution in [2.75, 3.05) is 14.2 Å². The Kier molecular flexibility index (Phi) is 8.24. The van der Waals surface area contributed by atoms with Gasteiger partial charge in [0.25, 0.3) is 0 Å². The molecule has 0 aromatic heterocycles. The molecule has 1 atom stereocenters. The molecule has 0 fully saturated rings. The van der Waals surface area contributed by atoms with Gasteiger partial charge in [-0.15, -0.1) is 0 Å². The molecule has 1 aromatic rings. The van der Waals surface area contributed by atoms with Gasteiger partial charge in [-0.1, -0.05) is 42.6 Å². The van der Waals surface area contributed by atoms with Crippen LogP contribution < -0.4 is 10.1 Å². The Morgan fingerprint density at radius 2 is 1.85 bits per heavy atom. The maximum Gasteiger partial charge on any atom is 0.122 e. The van der Waals surface area contributed by atoms with Crippen LogP contribution in [0.15, 0.2) is 22.7 Å². The van der Waals surface area contributed by atoms with Crippen LogP contribution in [0.3, 0.4) is 0 Å². The lowest BCUT2D eigenvalue weighted by Crippen LogP contribution is -2.35. The molecular weight excluding hydrogens is 314 g/mol. The van der Waals surface area contributed by atoms with Crippen LogP contribution in [-0.4, -0.2) is 20.2 Å². The molecule has 0 aliphatic carbocycles. The van der Waals surface area contributed by atoms with Crippen LogP contribution in [0.4, 0.5) is 0 Å². The average molecular weight is 342 g/mol. The quantitative estimate of drug-likeness (QED) is 0.696. The third-order valence-corrected chi connectivity index (χ3v) is 4.43. The summed E-state index contributed by atoms with van der Waals surface area (Å²) in [4.78, 5) is 0. The summed E-state index contributed by atoms with van der Waals surface area (Å²) in [7, 11) is 3.82. The van der Waals surface area contributed by atoms with Gasteiger partial charge in [0.05, 0.1) is 7.11 Å². The van der Waals surface area contributed by atoms with Crippen LogP contribution in [0, 0.1) is 5.92 Å². The van der Waals surface area contributed by atoms with Gasteiger partial charge >= 0.3 is 0 Å². The molecule has 1 unspecified atom stereocenters. The second kappa shape index (κ2) is 9.41. The largest absolute Gasteiger partial charge is 0.496 e. The van der Waals surface area contributed by atoms with E-state index >= 15 is 0 Å². The molecule has 1 N–H and O–H groups in total. The molecular formula is C17H28BrNO. The monoisotopic (exact) mass is 341 g/mol. The van der Waals surface area contributed by atoms with Crippen molar-refractivity contribution in [3.05, 3.63) is 28.2 Å². The molecule has 0 saturated carbocycles. The Hall–Kier alpha value is -0.540. The van der Waals surface area contributed by atoms with Gasteiger partial charge in [-0.3, -0.25) is 0 Å². The van der Waals surface area contributed by atoms with E-state index in [1.165, 1.54) is 31.2 Å². The summed E-state index contributed by atoms with van der Waals surface area (Å²) in [6.45, 7) is 4.55. The van der Waals surface area contributed by atoms with Gasteiger partial charge in [-0.2, -0.15) is 0 Å². The zero-order valence-electron chi connectivity index (χ0n) is 13.2. The van der Waals surface area contributed by atoms with Crippen LogP contribution in [0.25, 0.3) is 0 Å². The van der Waals surface area contributed by atoms with E-state index in [0.717, 1.165) is 22.6 Å². The first-order chi connectivity index (χ1) is 9.65. The summed E-state index contributed by atoms with van der Waals surface area (Å²) >= 11 is 3.56. The maximum absolute atomic E-state index is 5.50. The Morgan fingerprint density at radius 3 is 2.35 bits per heavy atom. The standard InChI is InChI=1S/C17H28BrNO/c1-5-7-13(8-6-2)16(19-3)12-14-11-15(18)9-10-17(14)20-4/h9-11,13,16,19H,5-8,12H2,1-4H3. The van der Waals surface area contributed by atoms with Gasteiger partial charge in [-0.05, 0) is 56.0 Å². The molecule has 1 aromatic carbocycles. The number of rotatable bonds is 9. The van der Waals surface area contributed by atoms with E-state index in [1.54, 1.807) is 7.11 Å². The molecule has 0 aliphatic rings. The Balaban J connectivity index is 2.88. The summed E-state index contributed by atoms with van der Waals surface area (Å²) in [5.41, 5.74) is 1.28. The van der Waals surface area contributed by atoms with Gasteiger partial charge in [0, 0.05) is 10.5 Å². The highest BCUT2D eigenvalue weighted by Gasteiger charge is 2.20. The van der Waals surface area contributed by atoms with Crippen molar-refractivity contribution >= 4 is 15.9 Å². The third kappa shape index (κ3) is 5.10. The van der Waals surface area contributed by atoms with Gasteiger partial charge in [0.2, 0.25) is 0 Å². The molecule has 0 spiro atoms. The Morgan fingerprint density at radius 1 is 1.20 bits per heavy atom. The third-order valence-electron chi connectivity index (χ3n) is 3.94. The van der Waals surface area contributed by atoms with E-state index in [-0.39, 0.29) is 0 Å². The van der Waals surface area contributed by atoms with E-state index in [9.17, 15) is 0 Å². The van der Waals surface area contributed by atoms with Crippen molar-refractivity contribution in [2.24, 2.45) is 5.92 Å². The number of methoxy groups -OCH3 is 1. The molecule has 20 heavy (non-hydrogen) atoms. The summed E-state index contributed by atoms with van der Waals surface area (Å²) in [6, 6.07) is 6.77.